The van der Waals surface area contributed by atoms with Crippen molar-refractivity contribution in [3.8, 4) is 0 Å². The van der Waals surface area contributed by atoms with Gasteiger partial charge in [0.05, 0.1) is 12.5 Å². The zero-order valence-corrected chi connectivity index (χ0v) is 10.3. The van der Waals surface area contributed by atoms with Crippen molar-refractivity contribution < 1.29 is 9.53 Å². The number of nitrogens with two attached hydrogens (primary N) is 1. The molecule has 2 N–H and O–H groups in total. The Balaban J connectivity index is 2.29. The minimum Gasteiger partial charge on any atom is -0.378 e. The molecule has 0 bridgehead atoms. The maximum Gasteiger partial charge on any atom is 0.225 e. The van der Waals surface area contributed by atoms with Gasteiger partial charge in [-0.25, -0.2) is 0 Å². The normalized spacial score (nSPS) is 20.8. The molecule has 1 atom stereocenters. The number of nitrogens with zero attached hydrogens (tertiary/aromatic N) is 1. The van der Waals surface area contributed by atoms with Gasteiger partial charge in [0.2, 0.25) is 5.91 Å². The van der Waals surface area contributed by atoms with Crippen LogP contribution in [0.1, 0.15) is 39.0 Å². The zero-order valence-electron chi connectivity index (χ0n) is 10.3. The minimum atomic E-state index is 0.146. The van der Waals surface area contributed by atoms with Crippen LogP contribution in [-0.2, 0) is 9.53 Å². The highest BCUT2D eigenvalue weighted by molar-refractivity contribution is 5.76. The second kappa shape index (κ2) is 7.63. The summed E-state index contributed by atoms with van der Waals surface area (Å²) in [6, 6.07) is 0. The predicted octanol–water partition coefficient (Wildman–Crippen LogP) is 1.14. The zero-order chi connectivity index (χ0) is 11.8. The molecular formula is C12H24N2O2. The Kier molecular flexibility index (Phi) is 6.42. The summed E-state index contributed by atoms with van der Waals surface area (Å²) in [6.45, 7) is 5.01. The molecule has 1 unspecified atom stereocenters. The molecule has 1 aliphatic heterocycles. The Morgan fingerprint density at radius 3 is 2.88 bits per heavy atom. The lowest BCUT2D eigenvalue weighted by molar-refractivity contribution is -0.135. The lowest BCUT2D eigenvalue weighted by Crippen LogP contribution is -2.36. The smallest absolute Gasteiger partial charge is 0.225 e. The second-order valence-electron chi connectivity index (χ2n) is 4.31. The number of hydrogen-bond acceptors (Lipinski definition) is 3. The Morgan fingerprint density at radius 1 is 1.50 bits per heavy atom. The van der Waals surface area contributed by atoms with Crippen molar-refractivity contribution in [2.24, 2.45) is 5.73 Å². The summed E-state index contributed by atoms with van der Waals surface area (Å²) in [6.07, 6.45) is 4.92. The topological polar surface area (TPSA) is 55.6 Å². The molecule has 0 aliphatic carbocycles. The van der Waals surface area contributed by atoms with Gasteiger partial charge in [0.1, 0.15) is 0 Å². The summed E-state index contributed by atoms with van der Waals surface area (Å²) in [5, 5.41) is 0. The molecular weight excluding hydrogens is 204 g/mol. The molecule has 1 rings (SSSR count). The van der Waals surface area contributed by atoms with Crippen LogP contribution in [0.15, 0.2) is 0 Å². The highest BCUT2D eigenvalue weighted by Gasteiger charge is 2.20. The van der Waals surface area contributed by atoms with Crippen LogP contribution in [0.5, 0.6) is 0 Å². The van der Waals surface area contributed by atoms with Crippen LogP contribution in [0.2, 0.25) is 0 Å². The maximum absolute atomic E-state index is 12.0. The van der Waals surface area contributed by atoms with Gasteiger partial charge < -0.3 is 15.4 Å². The van der Waals surface area contributed by atoms with Crippen molar-refractivity contribution in [1.82, 2.24) is 4.90 Å². The predicted molar refractivity (Wildman–Crippen MR) is 64.1 cm³/mol. The van der Waals surface area contributed by atoms with Gasteiger partial charge in [-0.3, -0.25) is 4.79 Å². The molecule has 0 aromatic heterocycles. The average Bonchev–Trinajstić information content (AvgIpc) is 2.31. The van der Waals surface area contributed by atoms with Crippen LogP contribution in [0, 0.1) is 0 Å². The van der Waals surface area contributed by atoms with Gasteiger partial charge in [-0.1, -0.05) is 0 Å². The van der Waals surface area contributed by atoms with Crippen molar-refractivity contribution in [2.75, 3.05) is 26.2 Å². The van der Waals surface area contributed by atoms with Crippen molar-refractivity contribution in [3.63, 3.8) is 0 Å². The van der Waals surface area contributed by atoms with Crippen LogP contribution < -0.4 is 5.73 Å². The second-order valence-corrected chi connectivity index (χ2v) is 4.31. The van der Waals surface area contributed by atoms with E-state index in [-0.39, 0.29) is 12.0 Å². The van der Waals surface area contributed by atoms with E-state index >= 15 is 0 Å². The highest BCUT2D eigenvalue weighted by Crippen LogP contribution is 2.16. The third-order valence-corrected chi connectivity index (χ3v) is 3.04. The number of carbonyl (C=O) groups excluding carboxylic acids is 1. The monoisotopic (exact) mass is 228 g/mol. The van der Waals surface area contributed by atoms with E-state index in [1.165, 1.54) is 6.42 Å². The molecule has 16 heavy (non-hydrogen) atoms. The molecule has 0 spiro atoms. The number of rotatable bonds is 6. The van der Waals surface area contributed by atoms with E-state index in [2.05, 4.69) is 0 Å². The molecule has 4 heteroatoms. The first-order valence-electron chi connectivity index (χ1n) is 6.37. The molecule has 0 aromatic carbocycles. The lowest BCUT2D eigenvalue weighted by Gasteiger charge is -2.26. The first-order chi connectivity index (χ1) is 7.77. The Hall–Kier alpha value is -0.610. The molecule has 0 saturated carbocycles. The number of hydrogen-bond donors (Lipinski definition) is 1. The van der Waals surface area contributed by atoms with Gasteiger partial charge in [-0.15, -0.1) is 0 Å². The molecule has 1 heterocycles. The molecule has 94 valence electrons. The summed E-state index contributed by atoms with van der Waals surface area (Å²) >= 11 is 0. The van der Waals surface area contributed by atoms with Crippen molar-refractivity contribution in [2.45, 2.75) is 45.1 Å². The minimum absolute atomic E-state index is 0.146. The molecule has 1 aliphatic rings. The van der Waals surface area contributed by atoms with Gasteiger partial charge in [0.15, 0.2) is 0 Å². The van der Waals surface area contributed by atoms with E-state index in [9.17, 15) is 4.79 Å². The maximum atomic E-state index is 12.0. The SMILES string of the molecule is CCN(CCCN)C(=O)CC1CCCCO1. The van der Waals surface area contributed by atoms with Crippen LogP contribution >= 0.6 is 0 Å². The third-order valence-electron chi connectivity index (χ3n) is 3.04. The molecule has 0 aromatic rings. The van der Waals surface area contributed by atoms with Gasteiger partial charge in [0.25, 0.3) is 0 Å². The van der Waals surface area contributed by atoms with Crippen molar-refractivity contribution in [1.29, 1.82) is 0 Å². The van der Waals surface area contributed by atoms with E-state index in [4.69, 9.17) is 10.5 Å². The number of ether oxygens (including phenoxy) is 1. The Morgan fingerprint density at radius 2 is 2.31 bits per heavy atom. The van der Waals surface area contributed by atoms with E-state index in [1.807, 2.05) is 11.8 Å². The fourth-order valence-electron chi connectivity index (χ4n) is 2.03. The average molecular weight is 228 g/mol. The standard InChI is InChI=1S/C12H24N2O2/c1-2-14(8-5-7-13)12(15)10-11-6-3-4-9-16-11/h11H,2-10,13H2,1H3. The summed E-state index contributed by atoms with van der Waals surface area (Å²) in [7, 11) is 0. The van der Waals surface area contributed by atoms with Gasteiger partial charge >= 0.3 is 0 Å². The third kappa shape index (κ3) is 4.49. The summed E-state index contributed by atoms with van der Waals surface area (Å²) in [4.78, 5) is 13.8. The van der Waals surface area contributed by atoms with Crippen LogP contribution in [0.4, 0.5) is 0 Å². The number of carbonyl (C=O) groups is 1. The first-order valence-corrected chi connectivity index (χ1v) is 6.37. The Labute approximate surface area is 98.1 Å². The van der Waals surface area contributed by atoms with Crippen molar-refractivity contribution >= 4 is 5.91 Å². The largest absolute Gasteiger partial charge is 0.378 e. The van der Waals surface area contributed by atoms with E-state index in [0.29, 0.717) is 13.0 Å². The molecule has 4 nitrogen and oxygen atoms in total. The van der Waals surface area contributed by atoms with Crippen LogP contribution in [0.25, 0.3) is 0 Å². The van der Waals surface area contributed by atoms with E-state index in [1.54, 1.807) is 0 Å². The van der Waals surface area contributed by atoms with Crippen molar-refractivity contribution in [3.05, 3.63) is 0 Å². The summed E-state index contributed by atoms with van der Waals surface area (Å²) in [5.74, 6) is 0.211. The molecule has 1 saturated heterocycles. The summed E-state index contributed by atoms with van der Waals surface area (Å²) in [5.41, 5.74) is 5.45. The highest BCUT2D eigenvalue weighted by atomic mass is 16.5. The molecule has 1 fully saturated rings. The summed E-state index contributed by atoms with van der Waals surface area (Å²) < 4.78 is 5.58. The van der Waals surface area contributed by atoms with Gasteiger partial charge in [-0.2, -0.15) is 0 Å². The first kappa shape index (κ1) is 13.5. The van der Waals surface area contributed by atoms with Crippen LogP contribution in [-0.4, -0.2) is 43.2 Å². The van der Waals surface area contributed by atoms with Gasteiger partial charge in [0, 0.05) is 19.7 Å². The molecule has 1 amide bonds. The Bertz CT molecular complexity index is 203. The fourth-order valence-corrected chi connectivity index (χ4v) is 2.03. The molecule has 0 radical (unpaired) electrons. The fraction of sp³-hybridized carbons (Fsp3) is 0.917. The van der Waals surface area contributed by atoms with E-state index < -0.39 is 0 Å². The number of amides is 1. The lowest BCUT2D eigenvalue weighted by atomic mass is 10.1. The van der Waals surface area contributed by atoms with Crippen LogP contribution in [0.3, 0.4) is 0 Å². The van der Waals surface area contributed by atoms with E-state index in [0.717, 1.165) is 39.0 Å². The van der Waals surface area contributed by atoms with Gasteiger partial charge in [-0.05, 0) is 39.2 Å². The quantitative estimate of drug-likeness (QED) is 0.742.